The lowest BCUT2D eigenvalue weighted by Crippen LogP contribution is -2.11. The second-order valence-electron chi connectivity index (χ2n) is 3.83. The van der Waals surface area contributed by atoms with Crippen LogP contribution in [0.15, 0.2) is 6.20 Å². The number of hydrogen-bond acceptors (Lipinski definition) is 3. The van der Waals surface area contributed by atoms with E-state index in [1.165, 1.54) is 18.4 Å². The molecule has 1 aliphatic carbocycles. The van der Waals surface area contributed by atoms with Crippen molar-refractivity contribution in [1.29, 1.82) is 5.26 Å². The zero-order chi connectivity index (χ0) is 10.7. The normalized spacial score (nSPS) is 14.4. The molecule has 0 aromatic carbocycles. The van der Waals surface area contributed by atoms with Gasteiger partial charge in [0.2, 0.25) is 0 Å². The van der Waals surface area contributed by atoms with Gasteiger partial charge in [0.1, 0.15) is 6.07 Å². The summed E-state index contributed by atoms with van der Waals surface area (Å²) in [4.78, 5) is 4.35. The van der Waals surface area contributed by atoms with Crippen molar-refractivity contribution in [2.24, 2.45) is 0 Å². The fourth-order valence-electron chi connectivity index (χ4n) is 2.15. The second kappa shape index (κ2) is 4.41. The molecule has 2 rings (SSSR count). The van der Waals surface area contributed by atoms with Gasteiger partial charge in [0.15, 0.2) is 0 Å². The van der Waals surface area contributed by atoms with E-state index in [2.05, 4.69) is 11.1 Å². The van der Waals surface area contributed by atoms with Crippen molar-refractivity contribution in [3.05, 3.63) is 28.6 Å². The van der Waals surface area contributed by atoms with Gasteiger partial charge >= 0.3 is 0 Å². The van der Waals surface area contributed by atoms with Crippen LogP contribution in [0.25, 0.3) is 0 Å². The van der Waals surface area contributed by atoms with Gasteiger partial charge in [-0.2, -0.15) is 5.26 Å². The molecule has 78 valence electrons. The van der Waals surface area contributed by atoms with E-state index in [0.717, 1.165) is 24.1 Å². The van der Waals surface area contributed by atoms with E-state index < -0.39 is 0 Å². The maximum atomic E-state index is 9.00. The van der Waals surface area contributed by atoms with E-state index in [1.54, 1.807) is 13.3 Å². The van der Waals surface area contributed by atoms with Gasteiger partial charge in [-0.1, -0.05) is 0 Å². The van der Waals surface area contributed by atoms with E-state index in [4.69, 9.17) is 10.00 Å². The maximum absolute atomic E-state index is 9.00. The first kappa shape index (κ1) is 10.1. The van der Waals surface area contributed by atoms with Gasteiger partial charge in [-0.3, -0.25) is 4.98 Å². The first-order valence-electron chi connectivity index (χ1n) is 5.25. The zero-order valence-electron chi connectivity index (χ0n) is 8.92. The third-order valence-electron chi connectivity index (χ3n) is 2.89. The first-order valence-corrected chi connectivity index (χ1v) is 5.25. The van der Waals surface area contributed by atoms with Crippen molar-refractivity contribution in [2.45, 2.75) is 32.3 Å². The standard InChI is InChI=1S/C12H14N2O/c1-15-8-11-9(6-13)7-14-12-5-3-2-4-10(11)12/h7H,2-5,8H2,1H3. The highest BCUT2D eigenvalue weighted by atomic mass is 16.5. The van der Waals surface area contributed by atoms with Crippen molar-refractivity contribution >= 4 is 0 Å². The SMILES string of the molecule is COCc1c(C#N)cnc2c1CCCC2. The maximum Gasteiger partial charge on any atom is 0.101 e. The highest BCUT2D eigenvalue weighted by Gasteiger charge is 2.17. The lowest BCUT2D eigenvalue weighted by atomic mass is 9.90. The Hall–Kier alpha value is -1.40. The summed E-state index contributed by atoms with van der Waals surface area (Å²) in [7, 11) is 1.66. The summed E-state index contributed by atoms with van der Waals surface area (Å²) >= 11 is 0. The van der Waals surface area contributed by atoms with E-state index in [-0.39, 0.29) is 0 Å². The van der Waals surface area contributed by atoms with Crippen LogP contribution in [0.3, 0.4) is 0 Å². The Morgan fingerprint density at radius 2 is 2.27 bits per heavy atom. The minimum Gasteiger partial charge on any atom is -0.380 e. The lowest BCUT2D eigenvalue weighted by molar-refractivity contribution is 0.183. The third-order valence-corrected chi connectivity index (χ3v) is 2.89. The van der Waals surface area contributed by atoms with Crippen LogP contribution in [0.2, 0.25) is 0 Å². The van der Waals surface area contributed by atoms with Crippen LogP contribution in [-0.4, -0.2) is 12.1 Å². The number of rotatable bonds is 2. The molecule has 0 atom stereocenters. The van der Waals surface area contributed by atoms with Gasteiger partial charge in [0.05, 0.1) is 12.2 Å². The molecule has 3 heteroatoms. The Morgan fingerprint density at radius 3 is 3.00 bits per heavy atom. The summed E-state index contributed by atoms with van der Waals surface area (Å²) in [5.41, 5.74) is 4.12. The number of hydrogen-bond donors (Lipinski definition) is 0. The smallest absolute Gasteiger partial charge is 0.101 e. The van der Waals surface area contributed by atoms with Crippen molar-refractivity contribution in [3.63, 3.8) is 0 Å². The summed E-state index contributed by atoms with van der Waals surface area (Å²) in [6, 6.07) is 2.19. The van der Waals surface area contributed by atoms with Gasteiger partial charge in [0, 0.05) is 24.6 Å². The molecule has 0 fully saturated rings. The van der Waals surface area contributed by atoms with Crippen LogP contribution >= 0.6 is 0 Å². The topological polar surface area (TPSA) is 45.9 Å². The fraction of sp³-hybridized carbons (Fsp3) is 0.500. The summed E-state index contributed by atoms with van der Waals surface area (Å²) in [5, 5.41) is 9.00. The highest BCUT2D eigenvalue weighted by Crippen LogP contribution is 2.25. The summed E-state index contributed by atoms with van der Waals surface area (Å²) < 4.78 is 5.16. The van der Waals surface area contributed by atoms with Crippen molar-refractivity contribution < 1.29 is 4.74 Å². The Balaban J connectivity index is 2.50. The highest BCUT2D eigenvalue weighted by molar-refractivity contribution is 5.43. The minimum atomic E-state index is 0.522. The minimum absolute atomic E-state index is 0.522. The van der Waals surface area contributed by atoms with Crippen molar-refractivity contribution in [3.8, 4) is 6.07 Å². The van der Waals surface area contributed by atoms with E-state index >= 15 is 0 Å². The number of nitrogens with zero attached hydrogens (tertiary/aromatic N) is 2. The summed E-state index contributed by atoms with van der Waals surface area (Å²) in [6.07, 6.45) is 6.16. The molecule has 3 nitrogen and oxygen atoms in total. The predicted octanol–water partition coefficient (Wildman–Crippen LogP) is 1.98. The van der Waals surface area contributed by atoms with E-state index in [9.17, 15) is 0 Å². The Labute approximate surface area is 89.7 Å². The van der Waals surface area contributed by atoms with Gasteiger partial charge in [-0.15, -0.1) is 0 Å². The number of aromatic nitrogens is 1. The second-order valence-corrected chi connectivity index (χ2v) is 3.83. The molecule has 0 unspecified atom stereocenters. The number of fused-ring (bicyclic) bond motifs is 1. The zero-order valence-corrected chi connectivity index (χ0v) is 8.92. The number of aryl methyl sites for hydroxylation is 1. The molecule has 0 aliphatic heterocycles. The first-order chi connectivity index (χ1) is 7.36. The average Bonchev–Trinajstić information content (AvgIpc) is 2.30. The number of nitriles is 1. The van der Waals surface area contributed by atoms with Gasteiger partial charge < -0.3 is 4.74 Å². The predicted molar refractivity (Wildman–Crippen MR) is 56.3 cm³/mol. The van der Waals surface area contributed by atoms with Crippen LogP contribution in [0.1, 0.15) is 35.2 Å². The molecule has 0 spiro atoms. The molecule has 1 heterocycles. The molecule has 0 radical (unpaired) electrons. The van der Waals surface area contributed by atoms with Gasteiger partial charge in [0.25, 0.3) is 0 Å². The van der Waals surface area contributed by atoms with Gasteiger partial charge in [-0.25, -0.2) is 0 Å². The fourth-order valence-corrected chi connectivity index (χ4v) is 2.15. The number of ether oxygens (including phenoxy) is 1. The Bertz CT molecular complexity index is 407. The van der Waals surface area contributed by atoms with Crippen molar-refractivity contribution in [2.75, 3.05) is 7.11 Å². The molecule has 0 saturated heterocycles. The number of pyridine rings is 1. The van der Waals surface area contributed by atoms with Crippen LogP contribution < -0.4 is 0 Å². The molecular weight excluding hydrogens is 188 g/mol. The monoisotopic (exact) mass is 202 g/mol. The van der Waals surface area contributed by atoms with E-state index in [1.807, 2.05) is 0 Å². The molecular formula is C12H14N2O. The largest absolute Gasteiger partial charge is 0.380 e. The molecule has 0 N–H and O–H groups in total. The van der Waals surface area contributed by atoms with Crippen LogP contribution in [0.5, 0.6) is 0 Å². The Morgan fingerprint density at radius 1 is 1.47 bits per heavy atom. The summed E-state index contributed by atoms with van der Waals surface area (Å²) in [6.45, 7) is 0.522. The molecule has 15 heavy (non-hydrogen) atoms. The lowest BCUT2D eigenvalue weighted by Gasteiger charge is -2.18. The Kier molecular flexibility index (Phi) is 2.98. The third kappa shape index (κ3) is 1.86. The number of methoxy groups -OCH3 is 1. The van der Waals surface area contributed by atoms with Gasteiger partial charge in [-0.05, 0) is 31.2 Å². The molecule has 1 aromatic rings. The summed E-state index contributed by atoms with van der Waals surface area (Å²) in [5.74, 6) is 0. The van der Waals surface area contributed by atoms with Crippen molar-refractivity contribution in [1.82, 2.24) is 4.98 Å². The molecule has 0 bridgehead atoms. The van der Waals surface area contributed by atoms with Crippen LogP contribution in [0, 0.1) is 11.3 Å². The quantitative estimate of drug-likeness (QED) is 0.736. The molecule has 0 saturated carbocycles. The van der Waals surface area contributed by atoms with E-state index in [0.29, 0.717) is 12.2 Å². The molecule has 1 aromatic heterocycles. The molecule has 1 aliphatic rings. The average molecular weight is 202 g/mol. The molecule has 0 amide bonds. The van der Waals surface area contributed by atoms with Crippen LogP contribution in [-0.2, 0) is 24.2 Å². The van der Waals surface area contributed by atoms with Crippen LogP contribution in [0.4, 0.5) is 0 Å².